The van der Waals surface area contributed by atoms with Gasteiger partial charge in [-0.3, -0.25) is 9.36 Å². The number of benzene rings is 2. The Kier molecular flexibility index (Phi) is 7.10. The van der Waals surface area contributed by atoms with Crippen molar-refractivity contribution in [2.45, 2.75) is 50.1 Å². The van der Waals surface area contributed by atoms with Crippen LogP contribution in [0.15, 0.2) is 74.3 Å². The maximum absolute atomic E-state index is 12.7. The summed E-state index contributed by atoms with van der Waals surface area (Å²) >= 11 is 0. The van der Waals surface area contributed by atoms with Crippen LogP contribution >= 0.6 is 0 Å². The van der Waals surface area contributed by atoms with E-state index in [1.54, 1.807) is 0 Å². The standard InChI is InChI=1S/C24H27N3O5S/c28-23(25-14-13-18-7-3-1-4-8-18)17-27-21-12-11-20(15-22(21)32-24(27)29)33(30,31)26-16-19-9-5-2-6-10-19/h2,5-7,9-12,15,26H,1,3-4,8,13-14,16-17H2,(H,25,28). The zero-order valence-electron chi connectivity index (χ0n) is 18.2. The average Bonchev–Trinajstić information content (AvgIpc) is 3.13. The lowest BCUT2D eigenvalue weighted by molar-refractivity contribution is -0.121. The van der Waals surface area contributed by atoms with Gasteiger partial charge in [0, 0.05) is 19.2 Å². The molecule has 9 heteroatoms. The first-order valence-electron chi connectivity index (χ1n) is 11.0. The van der Waals surface area contributed by atoms with E-state index in [0.717, 1.165) is 24.8 Å². The van der Waals surface area contributed by atoms with E-state index in [1.807, 2.05) is 30.3 Å². The summed E-state index contributed by atoms with van der Waals surface area (Å²) < 4.78 is 34.3. The molecule has 2 N–H and O–H groups in total. The van der Waals surface area contributed by atoms with Crippen molar-refractivity contribution in [1.82, 2.24) is 14.6 Å². The van der Waals surface area contributed by atoms with Crippen molar-refractivity contribution in [3.63, 3.8) is 0 Å². The zero-order valence-corrected chi connectivity index (χ0v) is 19.1. The predicted octanol–water partition coefficient (Wildman–Crippen LogP) is 3.08. The largest absolute Gasteiger partial charge is 0.420 e. The minimum atomic E-state index is -3.81. The highest BCUT2D eigenvalue weighted by Gasteiger charge is 2.18. The van der Waals surface area contributed by atoms with Crippen LogP contribution < -0.4 is 15.8 Å². The zero-order chi connectivity index (χ0) is 23.3. The Morgan fingerprint density at radius 3 is 2.67 bits per heavy atom. The SMILES string of the molecule is O=C(Cn1c(=O)oc2cc(S(=O)(=O)NCc3ccccc3)ccc21)NCCC1=CCCCC1. The summed E-state index contributed by atoms with van der Waals surface area (Å²) in [5.41, 5.74) is 2.67. The summed E-state index contributed by atoms with van der Waals surface area (Å²) in [5.74, 6) is -1.00. The molecule has 1 aromatic heterocycles. The van der Waals surface area contributed by atoms with Crippen LogP contribution in [0.2, 0.25) is 0 Å². The molecule has 0 atom stereocenters. The van der Waals surface area contributed by atoms with Gasteiger partial charge in [-0.15, -0.1) is 0 Å². The third-order valence-corrected chi connectivity index (χ3v) is 7.11. The molecule has 0 fully saturated rings. The van der Waals surface area contributed by atoms with Crippen LogP contribution in [0, 0.1) is 0 Å². The fourth-order valence-electron chi connectivity index (χ4n) is 3.91. The molecule has 0 aliphatic heterocycles. The first-order valence-corrected chi connectivity index (χ1v) is 12.5. The molecule has 1 aliphatic rings. The molecule has 0 bridgehead atoms. The van der Waals surface area contributed by atoms with E-state index in [4.69, 9.17) is 4.42 Å². The topological polar surface area (TPSA) is 110 Å². The Hall–Kier alpha value is -3.17. The number of rotatable bonds is 9. The second-order valence-corrected chi connectivity index (χ2v) is 9.87. The van der Waals surface area contributed by atoms with Crippen molar-refractivity contribution in [3.8, 4) is 0 Å². The van der Waals surface area contributed by atoms with Gasteiger partial charge in [-0.25, -0.2) is 17.9 Å². The van der Waals surface area contributed by atoms with Crippen LogP contribution in [-0.2, 0) is 27.9 Å². The third-order valence-electron chi connectivity index (χ3n) is 5.71. The number of oxazole rings is 1. The van der Waals surface area contributed by atoms with Crippen LogP contribution in [0.25, 0.3) is 11.1 Å². The molecular formula is C24H27N3O5S. The summed E-state index contributed by atoms with van der Waals surface area (Å²) in [5, 5.41) is 2.84. The molecule has 0 radical (unpaired) electrons. The highest BCUT2D eigenvalue weighted by molar-refractivity contribution is 7.89. The number of hydrogen-bond donors (Lipinski definition) is 2. The van der Waals surface area contributed by atoms with Gasteiger partial charge in [-0.05, 0) is 49.8 Å². The molecule has 1 amide bonds. The van der Waals surface area contributed by atoms with Crippen molar-refractivity contribution < 1.29 is 17.6 Å². The number of fused-ring (bicyclic) bond motifs is 1. The van der Waals surface area contributed by atoms with E-state index < -0.39 is 15.8 Å². The molecule has 0 saturated carbocycles. The Balaban J connectivity index is 1.42. The quantitative estimate of drug-likeness (QED) is 0.468. The van der Waals surface area contributed by atoms with Gasteiger partial charge in [0.15, 0.2) is 5.58 Å². The Morgan fingerprint density at radius 1 is 1.09 bits per heavy atom. The van der Waals surface area contributed by atoms with Crippen molar-refractivity contribution in [3.05, 3.63) is 76.3 Å². The lowest BCUT2D eigenvalue weighted by Gasteiger charge is -2.13. The lowest BCUT2D eigenvalue weighted by Crippen LogP contribution is -2.31. The van der Waals surface area contributed by atoms with Crippen LogP contribution in [0.5, 0.6) is 0 Å². The monoisotopic (exact) mass is 469 g/mol. The first kappa shape index (κ1) is 23.0. The van der Waals surface area contributed by atoms with Gasteiger partial charge in [0.05, 0.1) is 10.4 Å². The predicted molar refractivity (Wildman–Crippen MR) is 125 cm³/mol. The van der Waals surface area contributed by atoms with E-state index in [1.165, 1.54) is 41.2 Å². The molecule has 0 saturated heterocycles. The van der Waals surface area contributed by atoms with Gasteiger partial charge < -0.3 is 9.73 Å². The highest BCUT2D eigenvalue weighted by atomic mass is 32.2. The van der Waals surface area contributed by atoms with Crippen molar-refractivity contribution in [2.24, 2.45) is 0 Å². The Bertz CT molecular complexity index is 1320. The van der Waals surface area contributed by atoms with E-state index >= 15 is 0 Å². The second-order valence-electron chi connectivity index (χ2n) is 8.10. The van der Waals surface area contributed by atoms with Crippen molar-refractivity contribution in [1.29, 1.82) is 0 Å². The highest BCUT2D eigenvalue weighted by Crippen LogP contribution is 2.20. The molecular weight excluding hydrogens is 442 g/mol. The van der Waals surface area contributed by atoms with Crippen LogP contribution in [-0.4, -0.2) is 25.4 Å². The molecule has 4 rings (SSSR count). The molecule has 1 heterocycles. The molecule has 1 aliphatic carbocycles. The van der Waals surface area contributed by atoms with Gasteiger partial charge in [0.25, 0.3) is 0 Å². The van der Waals surface area contributed by atoms with Gasteiger partial charge in [-0.1, -0.05) is 42.0 Å². The van der Waals surface area contributed by atoms with Crippen LogP contribution in [0.1, 0.15) is 37.7 Å². The fraction of sp³-hybridized carbons (Fsp3) is 0.333. The van der Waals surface area contributed by atoms with Gasteiger partial charge >= 0.3 is 5.76 Å². The van der Waals surface area contributed by atoms with Crippen LogP contribution in [0.4, 0.5) is 0 Å². The summed E-state index contributed by atoms with van der Waals surface area (Å²) in [7, 11) is -3.81. The number of carbonyl (C=O) groups is 1. The van der Waals surface area contributed by atoms with Gasteiger partial charge in [0.2, 0.25) is 15.9 Å². The average molecular weight is 470 g/mol. The molecule has 8 nitrogen and oxygen atoms in total. The Labute approximate surface area is 192 Å². The minimum absolute atomic E-state index is 0.0166. The third kappa shape index (κ3) is 5.80. The van der Waals surface area contributed by atoms with E-state index in [9.17, 15) is 18.0 Å². The normalized spacial score (nSPS) is 14.2. The van der Waals surface area contributed by atoms with Crippen molar-refractivity contribution >= 4 is 27.0 Å². The minimum Gasteiger partial charge on any atom is -0.408 e. The number of aromatic nitrogens is 1. The van der Waals surface area contributed by atoms with E-state index in [0.29, 0.717) is 12.1 Å². The number of nitrogens with zero attached hydrogens (tertiary/aromatic N) is 1. The molecule has 2 aromatic carbocycles. The number of carbonyl (C=O) groups excluding carboxylic acids is 1. The number of amides is 1. The summed E-state index contributed by atoms with van der Waals surface area (Å²) in [6, 6.07) is 13.3. The molecule has 33 heavy (non-hydrogen) atoms. The van der Waals surface area contributed by atoms with E-state index in [2.05, 4.69) is 16.1 Å². The molecule has 0 spiro atoms. The molecule has 0 unspecified atom stereocenters. The summed E-state index contributed by atoms with van der Waals surface area (Å²) in [6.07, 6.45) is 7.63. The fourth-order valence-corrected chi connectivity index (χ4v) is 4.95. The summed E-state index contributed by atoms with van der Waals surface area (Å²) in [4.78, 5) is 24.6. The van der Waals surface area contributed by atoms with Crippen molar-refractivity contribution in [2.75, 3.05) is 6.54 Å². The maximum Gasteiger partial charge on any atom is 0.420 e. The first-order chi connectivity index (χ1) is 15.9. The van der Waals surface area contributed by atoms with E-state index in [-0.39, 0.29) is 29.5 Å². The number of nitrogens with one attached hydrogen (secondary N) is 2. The van der Waals surface area contributed by atoms with Gasteiger partial charge in [-0.2, -0.15) is 0 Å². The number of sulfonamides is 1. The maximum atomic E-state index is 12.7. The van der Waals surface area contributed by atoms with Gasteiger partial charge in [0.1, 0.15) is 6.54 Å². The smallest absolute Gasteiger partial charge is 0.408 e. The number of hydrogen-bond acceptors (Lipinski definition) is 5. The Morgan fingerprint density at radius 2 is 1.91 bits per heavy atom. The molecule has 3 aromatic rings. The second kappa shape index (κ2) is 10.2. The summed E-state index contributed by atoms with van der Waals surface area (Å²) in [6.45, 7) is 0.469. The lowest BCUT2D eigenvalue weighted by atomic mass is 9.97. The van der Waals surface area contributed by atoms with Crippen LogP contribution in [0.3, 0.4) is 0 Å². The molecule has 174 valence electrons. The number of allylic oxidation sites excluding steroid dienone is 1.